The van der Waals surface area contributed by atoms with Gasteiger partial charge in [0.1, 0.15) is 10.1 Å². The van der Waals surface area contributed by atoms with Crippen LogP contribution in [0.25, 0.3) is 6.08 Å². The highest BCUT2D eigenvalue weighted by atomic mass is 35.5. The highest BCUT2D eigenvalue weighted by Crippen LogP contribution is 2.33. The Hall–Kier alpha value is -1.80. The van der Waals surface area contributed by atoms with E-state index in [0.29, 0.717) is 25.7 Å². The van der Waals surface area contributed by atoms with E-state index in [9.17, 15) is 9.59 Å². The lowest BCUT2D eigenvalue weighted by molar-refractivity contribution is -0.122. The van der Waals surface area contributed by atoms with E-state index in [-0.39, 0.29) is 29.8 Å². The molecular weight excluding hydrogens is 415 g/mol. The summed E-state index contributed by atoms with van der Waals surface area (Å²) in [5.41, 5.74) is 0.423. The van der Waals surface area contributed by atoms with Gasteiger partial charge in [0.2, 0.25) is 5.91 Å². The Morgan fingerprint density at radius 2 is 2.12 bits per heavy atom. The Balaban J connectivity index is 1.60. The number of hydrogen-bond acceptors (Lipinski definition) is 5. The van der Waals surface area contributed by atoms with E-state index in [1.807, 2.05) is 0 Å². The second-order valence-electron chi connectivity index (χ2n) is 5.25. The van der Waals surface area contributed by atoms with E-state index in [1.54, 1.807) is 36.4 Å². The fraction of sp³-hybridized carbons (Fsp3) is 0.118. The van der Waals surface area contributed by atoms with E-state index >= 15 is 0 Å². The van der Waals surface area contributed by atoms with Crippen molar-refractivity contribution in [2.75, 3.05) is 11.9 Å². The van der Waals surface area contributed by atoms with Gasteiger partial charge >= 0.3 is 0 Å². The van der Waals surface area contributed by atoms with Crippen LogP contribution in [0.1, 0.15) is 12.2 Å². The third-order valence-electron chi connectivity index (χ3n) is 3.48. The number of carbonyl (C=O) groups is 2. The van der Waals surface area contributed by atoms with Crippen LogP contribution in [0.2, 0.25) is 10.0 Å². The van der Waals surface area contributed by atoms with Crippen molar-refractivity contribution in [3.8, 4) is 0 Å². The fourth-order valence-electron chi connectivity index (χ4n) is 2.22. The minimum absolute atomic E-state index is 0.0727. The standard InChI is InChI=1S/C17H12Cl2N2O3S2/c18-11-4-1-5-12(15(11)19)20-14(22)6-7-21-16(23)13(26-17(21)25)9-10-3-2-8-24-10/h1-5,8-9H,6-7H2,(H,20,22)/b13-9+. The summed E-state index contributed by atoms with van der Waals surface area (Å²) in [5, 5.41) is 3.30. The summed E-state index contributed by atoms with van der Waals surface area (Å²) in [5.74, 6) is 0.0297. The van der Waals surface area contributed by atoms with Crippen LogP contribution in [0.3, 0.4) is 0 Å². The van der Waals surface area contributed by atoms with E-state index in [0.717, 1.165) is 0 Å². The average Bonchev–Trinajstić information content (AvgIpc) is 3.20. The number of anilines is 1. The monoisotopic (exact) mass is 426 g/mol. The molecular formula is C17H12Cl2N2O3S2. The van der Waals surface area contributed by atoms with E-state index in [1.165, 1.54) is 22.9 Å². The third kappa shape index (κ3) is 4.29. The number of halogens is 2. The van der Waals surface area contributed by atoms with Crippen molar-refractivity contribution in [2.45, 2.75) is 6.42 Å². The first-order chi connectivity index (χ1) is 12.5. The summed E-state index contributed by atoms with van der Waals surface area (Å²) in [7, 11) is 0. The topological polar surface area (TPSA) is 62.6 Å². The second-order valence-corrected chi connectivity index (χ2v) is 7.71. The third-order valence-corrected chi connectivity index (χ3v) is 5.67. The van der Waals surface area contributed by atoms with Gasteiger partial charge in [-0.3, -0.25) is 14.5 Å². The summed E-state index contributed by atoms with van der Waals surface area (Å²) in [6.45, 7) is 0.171. The molecule has 0 spiro atoms. The molecule has 1 aromatic carbocycles. The SMILES string of the molecule is O=C(CCN1C(=O)/C(=C\c2ccco2)SC1=S)Nc1cccc(Cl)c1Cl. The quantitative estimate of drug-likeness (QED) is 0.548. The molecule has 1 fully saturated rings. The van der Waals surface area contributed by atoms with Gasteiger partial charge in [0.15, 0.2) is 0 Å². The van der Waals surface area contributed by atoms with E-state index in [4.69, 9.17) is 39.8 Å². The molecule has 9 heteroatoms. The first-order valence-electron chi connectivity index (χ1n) is 7.48. The lowest BCUT2D eigenvalue weighted by atomic mass is 10.3. The van der Waals surface area contributed by atoms with Crippen molar-refractivity contribution in [2.24, 2.45) is 0 Å². The van der Waals surface area contributed by atoms with Crippen molar-refractivity contribution in [1.82, 2.24) is 4.90 Å². The van der Waals surface area contributed by atoms with Crippen LogP contribution in [0.5, 0.6) is 0 Å². The number of carbonyl (C=O) groups excluding carboxylic acids is 2. The predicted octanol–water partition coefficient (Wildman–Crippen LogP) is 4.82. The van der Waals surface area contributed by atoms with Gasteiger partial charge in [0, 0.05) is 19.0 Å². The number of benzene rings is 1. The molecule has 2 heterocycles. The van der Waals surface area contributed by atoms with Crippen molar-refractivity contribution in [1.29, 1.82) is 0 Å². The number of thiocarbonyl (C=S) groups is 1. The maximum atomic E-state index is 12.4. The number of rotatable bonds is 5. The van der Waals surface area contributed by atoms with E-state index < -0.39 is 0 Å². The molecule has 0 bridgehead atoms. The summed E-state index contributed by atoms with van der Waals surface area (Å²) in [4.78, 5) is 26.5. The van der Waals surface area contributed by atoms with Crippen LogP contribution >= 0.6 is 47.2 Å². The summed E-state index contributed by atoms with van der Waals surface area (Å²) in [6, 6.07) is 8.45. The van der Waals surface area contributed by atoms with Crippen LogP contribution in [-0.2, 0) is 9.59 Å². The molecule has 1 aromatic heterocycles. The minimum Gasteiger partial charge on any atom is -0.465 e. The number of thioether (sulfide) groups is 1. The highest BCUT2D eigenvalue weighted by Gasteiger charge is 2.32. The molecule has 1 saturated heterocycles. The maximum Gasteiger partial charge on any atom is 0.266 e. The molecule has 134 valence electrons. The Labute approximate surface area is 169 Å². The summed E-state index contributed by atoms with van der Waals surface area (Å²) < 4.78 is 5.61. The number of furan rings is 1. The number of amides is 2. The second kappa shape index (κ2) is 8.26. The van der Waals surface area contributed by atoms with Gasteiger partial charge in [-0.25, -0.2) is 0 Å². The van der Waals surface area contributed by atoms with Gasteiger partial charge in [0.05, 0.1) is 26.9 Å². The van der Waals surface area contributed by atoms with Crippen LogP contribution in [0, 0.1) is 0 Å². The Bertz CT molecular complexity index is 897. The molecule has 0 unspecified atom stereocenters. The molecule has 0 radical (unpaired) electrons. The van der Waals surface area contributed by atoms with Crippen molar-refractivity contribution < 1.29 is 14.0 Å². The zero-order valence-electron chi connectivity index (χ0n) is 13.2. The molecule has 2 amide bonds. The fourth-order valence-corrected chi connectivity index (χ4v) is 3.86. The van der Waals surface area contributed by atoms with Crippen LogP contribution in [0.4, 0.5) is 5.69 Å². The summed E-state index contributed by atoms with van der Waals surface area (Å²) in [6.07, 6.45) is 3.23. The Kier molecular flexibility index (Phi) is 6.03. The first-order valence-corrected chi connectivity index (χ1v) is 9.46. The predicted molar refractivity (Wildman–Crippen MR) is 108 cm³/mol. The van der Waals surface area contributed by atoms with E-state index in [2.05, 4.69) is 5.32 Å². The maximum absolute atomic E-state index is 12.4. The van der Waals surface area contributed by atoms with Gasteiger partial charge in [-0.2, -0.15) is 0 Å². The molecule has 2 aromatic rings. The Morgan fingerprint density at radius 3 is 2.85 bits per heavy atom. The van der Waals surface area contributed by atoms with Gasteiger partial charge in [-0.15, -0.1) is 0 Å². The first kappa shape index (κ1) is 19.0. The summed E-state index contributed by atoms with van der Waals surface area (Å²) >= 11 is 18.4. The normalized spacial score (nSPS) is 15.8. The number of nitrogens with zero attached hydrogens (tertiary/aromatic N) is 1. The lowest BCUT2D eigenvalue weighted by Crippen LogP contribution is -2.31. The van der Waals surface area contributed by atoms with Gasteiger partial charge in [-0.05, 0) is 24.3 Å². The Morgan fingerprint density at radius 1 is 1.31 bits per heavy atom. The molecule has 0 atom stereocenters. The molecule has 1 aliphatic rings. The van der Waals surface area contributed by atoms with Crippen molar-refractivity contribution in [3.05, 3.63) is 57.3 Å². The largest absolute Gasteiger partial charge is 0.465 e. The number of hydrogen-bond donors (Lipinski definition) is 1. The molecule has 3 rings (SSSR count). The van der Waals surface area contributed by atoms with Crippen LogP contribution in [-0.4, -0.2) is 27.6 Å². The molecule has 1 N–H and O–H groups in total. The van der Waals surface area contributed by atoms with Crippen molar-refractivity contribution in [3.63, 3.8) is 0 Å². The smallest absolute Gasteiger partial charge is 0.266 e. The molecule has 0 saturated carbocycles. The molecule has 5 nitrogen and oxygen atoms in total. The lowest BCUT2D eigenvalue weighted by Gasteiger charge is -2.14. The zero-order chi connectivity index (χ0) is 18.7. The minimum atomic E-state index is -0.293. The molecule has 0 aliphatic carbocycles. The van der Waals surface area contributed by atoms with Gasteiger partial charge in [-0.1, -0.05) is 53.2 Å². The van der Waals surface area contributed by atoms with Crippen LogP contribution < -0.4 is 5.32 Å². The van der Waals surface area contributed by atoms with Crippen molar-refractivity contribution >= 4 is 75.1 Å². The van der Waals surface area contributed by atoms with Crippen LogP contribution in [0.15, 0.2) is 45.9 Å². The average molecular weight is 427 g/mol. The molecule has 26 heavy (non-hydrogen) atoms. The number of nitrogens with one attached hydrogen (secondary N) is 1. The molecule has 1 aliphatic heterocycles. The highest BCUT2D eigenvalue weighted by molar-refractivity contribution is 8.26. The van der Waals surface area contributed by atoms with Gasteiger partial charge < -0.3 is 9.73 Å². The van der Waals surface area contributed by atoms with Gasteiger partial charge in [0.25, 0.3) is 5.91 Å². The zero-order valence-corrected chi connectivity index (χ0v) is 16.3.